The number of nitrogens with zero attached hydrogens (tertiary/aromatic N) is 4. The van der Waals surface area contributed by atoms with E-state index in [1.54, 1.807) is 0 Å². The Balaban J connectivity index is 2.49. The van der Waals surface area contributed by atoms with Crippen LogP contribution < -0.4 is 5.32 Å². The quantitative estimate of drug-likeness (QED) is 0.852. The molecule has 2 heterocycles. The van der Waals surface area contributed by atoms with Gasteiger partial charge >= 0.3 is 0 Å². The molecule has 0 radical (unpaired) electrons. The van der Waals surface area contributed by atoms with E-state index in [9.17, 15) is 8.42 Å². The molecule has 0 saturated carbocycles. The number of hydrogen-bond acceptors (Lipinski definition) is 6. The second-order valence-electron chi connectivity index (χ2n) is 4.12. The van der Waals surface area contributed by atoms with E-state index in [2.05, 4.69) is 20.3 Å². The zero-order chi connectivity index (χ0) is 15.6. The monoisotopic (exact) mass is 347 g/mol. The lowest BCUT2D eigenvalue weighted by atomic mass is 10.4. The molecule has 2 rings (SSSR count). The Morgan fingerprint density at radius 2 is 1.95 bits per heavy atom. The van der Waals surface area contributed by atoms with Crippen LogP contribution in [-0.2, 0) is 10.0 Å². The summed E-state index contributed by atoms with van der Waals surface area (Å²) in [4.78, 5) is 11.6. The number of sulfonamides is 1. The molecule has 0 fully saturated rings. The average molecular weight is 348 g/mol. The van der Waals surface area contributed by atoms with Crippen molar-refractivity contribution < 1.29 is 8.42 Å². The summed E-state index contributed by atoms with van der Waals surface area (Å²) in [6, 6.07) is 1.38. The van der Waals surface area contributed by atoms with E-state index in [0.717, 1.165) is 4.31 Å². The van der Waals surface area contributed by atoms with Crippen LogP contribution in [0.1, 0.15) is 0 Å². The van der Waals surface area contributed by atoms with E-state index in [1.807, 2.05) is 0 Å². The molecule has 0 bridgehead atoms. The van der Waals surface area contributed by atoms with Crippen LogP contribution in [-0.4, -0.2) is 41.8 Å². The second-order valence-corrected chi connectivity index (χ2v) is 6.99. The fourth-order valence-electron chi connectivity index (χ4n) is 1.46. The number of halogens is 2. The van der Waals surface area contributed by atoms with Crippen LogP contribution >= 0.6 is 23.2 Å². The van der Waals surface area contributed by atoms with Crippen LogP contribution in [0, 0.1) is 0 Å². The van der Waals surface area contributed by atoms with Crippen LogP contribution in [0.3, 0.4) is 0 Å². The number of nitrogens with one attached hydrogen (secondary N) is 1. The first kappa shape index (κ1) is 15.9. The van der Waals surface area contributed by atoms with Crippen LogP contribution in [0.4, 0.5) is 11.5 Å². The molecule has 0 unspecified atom stereocenters. The molecule has 2 aromatic rings. The van der Waals surface area contributed by atoms with Crippen molar-refractivity contribution in [1.82, 2.24) is 19.3 Å². The third kappa shape index (κ3) is 3.41. The molecule has 0 aliphatic heterocycles. The third-order valence-electron chi connectivity index (χ3n) is 2.51. The van der Waals surface area contributed by atoms with Gasteiger partial charge in [-0.3, -0.25) is 4.98 Å². The van der Waals surface area contributed by atoms with Crippen molar-refractivity contribution in [3.63, 3.8) is 0 Å². The van der Waals surface area contributed by atoms with Gasteiger partial charge in [0, 0.05) is 20.3 Å². The molecule has 1 N–H and O–H groups in total. The normalized spacial score (nSPS) is 11.7. The molecule has 0 amide bonds. The molecule has 0 spiro atoms. The fourth-order valence-corrected chi connectivity index (χ4v) is 2.74. The van der Waals surface area contributed by atoms with Crippen molar-refractivity contribution in [1.29, 1.82) is 0 Å². The van der Waals surface area contributed by atoms with E-state index in [1.165, 1.54) is 38.8 Å². The summed E-state index contributed by atoms with van der Waals surface area (Å²) in [6.45, 7) is 0. The van der Waals surface area contributed by atoms with E-state index in [-0.39, 0.29) is 26.7 Å². The highest BCUT2D eigenvalue weighted by Crippen LogP contribution is 2.28. The summed E-state index contributed by atoms with van der Waals surface area (Å²) in [5.74, 6) is 0.194. The maximum atomic E-state index is 12.3. The Labute approximate surface area is 132 Å². The minimum Gasteiger partial charge on any atom is -0.336 e. The number of hydrogen-bond donors (Lipinski definition) is 1. The van der Waals surface area contributed by atoms with Crippen molar-refractivity contribution in [2.75, 3.05) is 19.4 Å². The number of pyridine rings is 1. The second kappa shape index (κ2) is 6.10. The number of rotatable bonds is 4. The lowest BCUT2D eigenvalue weighted by Crippen LogP contribution is -2.23. The van der Waals surface area contributed by atoms with Crippen LogP contribution in [0.2, 0.25) is 10.3 Å². The molecule has 0 aliphatic rings. The standard InChI is InChI=1S/C11H11Cl2N5O2S/c1-18(2)21(19,20)9-3-4-14-6-8(9)16-10-7(12)5-15-11(13)17-10/h3-6H,1-2H3,(H,15,16,17). The first-order valence-electron chi connectivity index (χ1n) is 5.64. The van der Waals surface area contributed by atoms with Gasteiger partial charge < -0.3 is 5.32 Å². The number of aromatic nitrogens is 3. The van der Waals surface area contributed by atoms with Crippen molar-refractivity contribution in [3.8, 4) is 0 Å². The van der Waals surface area contributed by atoms with Gasteiger partial charge in [-0.15, -0.1) is 0 Å². The molecule has 10 heteroatoms. The molecule has 0 aliphatic carbocycles. The van der Waals surface area contributed by atoms with Gasteiger partial charge in [0.25, 0.3) is 0 Å². The highest BCUT2D eigenvalue weighted by Gasteiger charge is 2.22. The minimum atomic E-state index is -3.64. The Bertz CT molecular complexity index is 767. The predicted octanol–water partition coefficient (Wildman–Crippen LogP) is 2.17. The van der Waals surface area contributed by atoms with Crippen LogP contribution in [0.15, 0.2) is 29.6 Å². The summed E-state index contributed by atoms with van der Waals surface area (Å²) >= 11 is 11.6. The maximum absolute atomic E-state index is 12.3. The highest BCUT2D eigenvalue weighted by molar-refractivity contribution is 7.89. The third-order valence-corrected chi connectivity index (χ3v) is 4.84. The summed E-state index contributed by atoms with van der Waals surface area (Å²) in [7, 11) is -0.762. The Morgan fingerprint density at radius 3 is 2.62 bits per heavy atom. The maximum Gasteiger partial charge on any atom is 0.244 e. The summed E-state index contributed by atoms with van der Waals surface area (Å²) in [5.41, 5.74) is 0.239. The first-order chi connectivity index (χ1) is 9.82. The predicted molar refractivity (Wildman–Crippen MR) is 80.4 cm³/mol. The van der Waals surface area contributed by atoms with Gasteiger partial charge in [0.1, 0.15) is 9.92 Å². The lowest BCUT2D eigenvalue weighted by Gasteiger charge is -2.15. The largest absolute Gasteiger partial charge is 0.336 e. The van der Waals surface area contributed by atoms with Crippen molar-refractivity contribution >= 4 is 44.7 Å². The topological polar surface area (TPSA) is 88.1 Å². The van der Waals surface area contributed by atoms with Gasteiger partial charge in [0.05, 0.1) is 18.1 Å². The average Bonchev–Trinajstić information content (AvgIpc) is 2.43. The van der Waals surface area contributed by atoms with E-state index in [0.29, 0.717) is 0 Å². The zero-order valence-corrected chi connectivity index (χ0v) is 13.4. The van der Waals surface area contributed by atoms with Crippen molar-refractivity contribution in [2.45, 2.75) is 4.90 Å². The van der Waals surface area contributed by atoms with Gasteiger partial charge in [-0.05, 0) is 17.7 Å². The lowest BCUT2D eigenvalue weighted by molar-refractivity contribution is 0.521. The van der Waals surface area contributed by atoms with Gasteiger partial charge in [0.2, 0.25) is 15.3 Å². The molecular weight excluding hydrogens is 337 g/mol. The molecule has 0 saturated heterocycles. The molecule has 0 aromatic carbocycles. The van der Waals surface area contributed by atoms with Gasteiger partial charge in [-0.25, -0.2) is 17.7 Å². The Kier molecular flexibility index (Phi) is 4.62. The van der Waals surface area contributed by atoms with Crippen LogP contribution in [0.5, 0.6) is 0 Å². The molecule has 0 atom stereocenters. The molecule has 2 aromatic heterocycles. The Morgan fingerprint density at radius 1 is 1.24 bits per heavy atom. The summed E-state index contributed by atoms with van der Waals surface area (Å²) < 4.78 is 25.6. The summed E-state index contributed by atoms with van der Waals surface area (Å²) in [6.07, 6.45) is 4.06. The van der Waals surface area contributed by atoms with E-state index < -0.39 is 10.0 Å². The van der Waals surface area contributed by atoms with Gasteiger partial charge in [-0.2, -0.15) is 4.98 Å². The van der Waals surface area contributed by atoms with Gasteiger partial charge in [-0.1, -0.05) is 11.6 Å². The molecule has 112 valence electrons. The molecule has 7 nitrogen and oxygen atoms in total. The number of anilines is 2. The highest BCUT2D eigenvalue weighted by atomic mass is 35.5. The van der Waals surface area contributed by atoms with Crippen LogP contribution in [0.25, 0.3) is 0 Å². The Hall–Kier alpha value is -1.48. The summed E-state index contributed by atoms with van der Waals surface area (Å²) in [5, 5.41) is 3.00. The molecule has 21 heavy (non-hydrogen) atoms. The van der Waals surface area contributed by atoms with Gasteiger partial charge in [0.15, 0.2) is 5.82 Å². The van der Waals surface area contributed by atoms with Crippen molar-refractivity contribution in [2.24, 2.45) is 0 Å². The minimum absolute atomic E-state index is 0.0113. The van der Waals surface area contributed by atoms with Crippen molar-refractivity contribution in [3.05, 3.63) is 35.0 Å². The SMILES string of the molecule is CN(C)S(=O)(=O)c1ccncc1Nc1nc(Cl)ncc1Cl. The van der Waals surface area contributed by atoms with E-state index >= 15 is 0 Å². The van der Waals surface area contributed by atoms with E-state index in [4.69, 9.17) is 23.2 Å². The zero-order valence-electron chi connectivity index (χ0n) is 11.1. The molecular formula is C11H11Cl2N5O2S. The first-order valence-corrected chi connectivity index (χ1v) is 7.83. The fraction of sp³-hybridized carbons (Fsp3) is 0.182. The smallest absolute Gasteiger partial charge is 0.244 e.